The molecule has 0 fully saturated rings. The maximum absolute atomic E-state index is 3.64. The van der Waals surface area contributed by atoms with Crippen LogP contribution in [0.2, 0.25) is 4.44 Å². The Balaban J connectivity index is 2.81. The van der Waals surface area contributed by atoms with Crippen molar-refractivity contribution in [1.29, 1.82) is 0 Å². The van der Waals surface area contributed by atoms with Gasteiger partial charge in [0.25, 0.3) is 0 Å². The Labute approximate surface area is 113 Å². The molecule has 0 aromatic carbocycles. The van der Waals surface area contributed by atoms with Crippen LogP contribution in [0.4, 0.5) is 0 Å². The molecule has 0 aromatic heterocycles. The van der Waals surface area contributed by atoms with Crippen LogP contribution in [0.5, 0.6) is 0 Å². The maximum atomic E-state index is 3.64. The predicted molar refractivity (Wildman–Crippen MR) is 75.9 cm³/mol. The molecular formula is C13H27BrSn. The molecule has 0 aliphatic heterocycles. The van der Waals surface area contributed by atoms with E-state index in [1.165, 1.54) is 75.1 Å². The van der Waals surface area contributed by atoms with Gasteiger partial charge in [0.1, 0.15) is 0 Å². The molecule has 0 spiro atoms. The third-order valence-corrected chi connectivity index (χ3v) is 7.08. The van der Waals surface area contributed by atoms with E-state index in [1.54, 1.807) is 0 Å². The molecule has 2 heteroatoms. The van der Waals surface area contributed by atoms with E-state index < -0.39 is 0 Å². The van der Waals surface area contributed by atoms with E-state index in [-0.39, 0.29) is 18.9 Å². The van der Waals surface area contributed by atoms with E-state index in [4.69, 9.17) is 0 Å². The summed E-state index contributed by atoms with van der Waals surface area (Å²) in [5.74, 6) is 0. The van der Waals surface area contributed by atoms with Gasteiger partial charge < -0.3 is 0 Å². The topological polar surface area (TPSA) is 0 Å². The Morgan fingerprint density at radius 1 is 0.667 bits per heavy atom. The van der Waals surface area contributed by atoms with E-state index in [1.807, 2.05) is 0 Å². The molecule has 0 rings (SSSR count). The van der Waals surface area contributed by atoms with Gasteiger partial charge in [0.15, 0.2) is 0 Å². The molecule has 0 aliphatic rings. The van der Waals surface area contributed by atoms with Gasteiger partial charge in [-0.05, 0) is 0 Å². The van der Waals surface area contributed by atoms with Gasteiger partial charge in [-0.25, -0.2) is 0 Å². The molecule has 0 nitrogen and oxygen atoms in total. The Morgan fingerprint density at radius 2 is 1.07 bits per heavy atom. The van der Waals surface area contributed by atoms with Crippen LogP contribution >= 0.6 is 12.7 Å². The summed E-state index contributed by atoms with van der Waals surface area (Å²) in [7, 11) is 0. The third-order valence-electron chi connectivity index (χ3n) is 2.87. The van der Waals surface area contributed by atoms with Crippen molar-refractivity contribution in [3.05, 3.63) is 0 Å². The van der Waals surface area contributed by atoms with Gasteiger partial charge in [0.2, 0.25) is 0 Å². The van der Waals surface area contributed by atoms with Crippen LogP contribution in [0.25, 0.3) is 0 Å². The van der Waals surface area contributed by atoms with Crippen LogP contribution in [0.3, 0.4) is 0 Å². The zero-order valence-corrected chi connectivity index (χ0v) is 14.8. The molecule has 0 aliphatic carbocycles. The number of hydrogen-bond donors (Lipinski definition) is 0. The Morgan fingerprint density at radius 3 is 1.47 bits per heavy atom. The van der Waals surface area contributed by atoms with Crippen molar-refractivity contribution in [3.63, 3.8) is 0 Å². The zero-order valence-electron chi connectivity index (χ0n) is 10.4. The summed E-state index contributed by atoms with van der Waals surface area (Å²) in [4.78, 5) is 0. The fraction of sp³-hybridized carbons (Fsp3) is 1.00. The predicted octanol–water partition coefficient (Wildman–Crippen LogP) is 5.73. The summed E-state index contributed by atoms with van der Waals surface area (Å²) in [5, 5.41) is 0. The monoisotopic (exact) mass is 382 g/mol. The first-order chi connectivity index (χ1) is 7.41. The van der Waals surface area contributed by atoms with Gasteiger partial charge in [0, 0.05) is 0 Å². The van der Waals surface area contributed by atoms with Crippen molar-refractivity contribution in [3.8, 4) is 0 Å². The van der Waals surface area contributed by atoms with Crippen LogP contribution in [0.15, 0.2) is 0 Å². The van der Waals surface area contributed by atoms with E-state index in [0.717, 1.165) is 0 Å². The minimum absolute atomic E-state index is 0.0567. The van der Waals surface area contributed by atoms with E-state index >= 15 is 0 Å². The molecule has 0 saturated heterocycles. The SMILES string of the molecule is CCCCCCCCCCCC[CH2][Sn][Br]. The molecular weight excluding hydrogens is 355 g/mol. The number of rotatable bonds is 12. The molecule has 0 heterocycles. The van der Waals surface area contributed by atoms with Crippen LogP contribution in [0, 0.1) is 0 Å². The molecule has 0 N–H and O–H groups in total. The van der Waals surface area contributed by atoms with Crippen molar-refractivity contribution in [2.24, 2.45) is 0 Å². The molecule has 0 saturated carbocycles. The Hall–Kier alpha value is 1.28. The Bertz CT molecular complexity index is 94.7. The molecule has 0 atom stereocenters. The first-order valence-electron chi connectivity index (χ1n) is 6.75. The van der Waals surface area contributed by atoms with E-state index in [2.05, 4.69) is 19.6 Å². The molecule has 90 valence electrons. The fourth-order valence-corrected chi connectivity index (χ4v) is 4.83. The van der Waals surface area contributed by atoms with Crippen LogP contribution in [-0.4, -0.2) is 18.9 Å². The van der Waals surface area contributed by atoms with Crippen LogP contribution < -0.4 is 0 Å². The number of halogens is 1. The van der Waals surface area contributed by atoms with Crippen molar-refractivity contribution in [1.82, 2.24) is 0 Å². The summed E-state index contributed by atoms with van der Waals surface area (Å²) in [5.41, 5.74) is 0. The van der Waals surface area contributed by atoms with Gasteiger partial charge in [-0.3, -0.25) is 0 Å². The summed E-state index contributed by atoms with van der Waals surface area (Å²) >= 11 is 3.59. The van der Waals surface area contributed by atoms with Gasteiger partial charge >= 0.3 is 107 Å². The third kappa shape index (κ3) is 15.3. The molecule has 2 radical (unpaired) electrons. The van der Waals surface area contributed by atoms with Crippen molar-refractivity contribution in [2.75, 3.05) is 0 Å². The molecule has 0 amide bonds. The quantitative estimate of drug-likeness (QED) is 0.299. The van der Waals surface area contributed by atoms with Gasteiger partial charge in [-0.1, -0.05) is 6.92 Å². The van der Waals surface area contributed by atoms with Crippen LogP contribution in [-0.2, 0) is 0 Å². The first kappa shape index (κ1) is 16.3. The van der Waals surface area contributed by atoms with Crippen molar-refractivity contribution < 1.29 is 0 Å². The minimum atomic E-state index is -0.0567. The van der Waals surface area contributed by atoms with Gasteiger partial charge in [-0.2, -0.15) is 0 Å². The summed E-state index contributed by atoms with van der Waals surface area (Å²) in [6.07, 6.45) is 16.2. The first-order valence-corrected chi connectivity index (χ1v) is 15.2. The Kier molecular flexibility index (Phi) is 16.6. The normalized spacial score (nSPS) is 10.8. The summed E-state index contributed by atoms with van der Waals surface area (Å²) in [6.45, 7) is 2.29. The van der Waals surface area contributed by atoms with Crippen molar-refractivity contribution >= 4 is 31.6 Å². The van der Waals surface area contributed by atoms with Crippen LogP contribution in [0.1, 0.15) is 77.6 Å². The van der Waals surface area contributed by atoms with Crippen molar-refractivity contribution in [2.45, 2.75) is 82.0 Å². The van der Waals surface area contributed by atoms with E-state index in [9.17, 15) is 0 Å². The molecule has 0 aromatic rings. The second kappa shape index (κ2) is 15.3. The average molecular weight is 382 g/mol. The van der Waals surface area contributed by atoms with E-state index in [0.29, 0.717) is 0 Å². The second-order valence-corrected chi connectivity index (χ2v) is 10.4. The molecule has 0 bridgehead atoms. The summed E-state index contributed by atoms with van der Waals surface area (Å²) in [6, 6.07) is 0. The fourth-order valence-electron chi connectivity index (χ4n) is 1.86. The molecule has 0 unspecified atom stereocenters. The average Bonchev–Trinajstić information content (AvgIpc) is 2.26. The van der Waals surface area contributed by atoms with Gasteiger partial charge in [0.05, 0.1) is 0 Å². The van der Waals surface area contributed by atoms with Gasteiger partial charge in [-0.15, -0.1) is 0 Å². The zero-order chi connectivity index (χ0) is 11.2. The number of hydrogen-bond acceptors (Lipinski definition) is 0. The standard InChI is InChI=1S/C13H27.BrH.Sn/c1-3-5-7-9-11-13-12-10-8-6-4-2;;/h1,3-13H2,2H3;1H;/q;;+1/p-1. The number of unbranched alkanes of at least 4 members (excludes halogenated alkanes) is 10. The molecule has 15 heavy (non-hydrogen) atoms. The summed E-state index contributed by atoms with van der Waals surface area (Å²) < 4.78 is 1.53. The second-order valence-electron chi connectivity index (χ2n) is 4.42.